The van der Waals surface area contributed by atoms with Gasteiger partial charge in [0.25, 0.3) is 0 Å². The van der Waals surface area contributed by atoms with Gasteiger partial charge in [0.05, 0.1) is 6.20 Å². The Labute approximate surface area is 53.3 Å². The van der Waals surface area contributed by atoms with Crippen molar-refractivity contribution in [1.29, 1.82) is 0 Å². The van der Waals surface area contributed by atoms with E-state index in [1.165, 1.54) is 0 Å². The molecule has 0 spiro atoms. The van der Waals surface area contributed by atoms with Crippen LogP contribution in [0.5, 0.6) is 0 Å². The number of hydrogen-bond donors (Lipinski definition) is 1. The van der Waals surface area contributed by atoms with Gasteiger partial charge < -0.3 is 5.73 Å². The lowest BCUT2D eigenvalue weighted by Crippen LogP contribution is -2.38. The van der Waals surface area contributed by atoms with Crippen molar-refractivity contribution in [2.24, 2.45) is 3.15 Å². The molecular formula is C4H8IN2+. The van der Waals surface area contributed by atoms with E-state index in [4.69, 9.17) is 0 Å². The Morgan fingerprint density at radius 1 is 1.71 bits per heavy atom. The number of halogens is 1. The highest BCUT2D eigenvalue weighted by Gasteiger charge is 1.56. The van der Waals surface area contributed by atoms with Crippen LogP contribution in [0, 0.1) is 0 Å². The average Bonchev–Trinajstić information content (AvgIpc) is 1.69. The van der Waals surface area contributed by atoms with Gasteiger partial charge in [-0.15, -0.1) is 0 Å². The first-order chi connectivity index (χ1) is 3.41. The molecule has 0 aliphatic heterocycles. The first-order valence-corrected chi connectivity index (χ1v) is 4.01. The minimum atomic E-state index is -0.111. The molecule has 0 radical (unpaired) electrons. The molecule has 0 aromatic rings. The molecule has 0 unspecified atom stereocenters. The van der Waals surface area contributed by atoms with E-state index in [1.54, 1.807) is 12.4 Å². The summed E-state index contributed by atoms with van der Waals surface area (Å²) in [5.74, 6) is 0. The SMILES string of the molecule is C=CN=IC=C[NH3+]. The fraction of sp³-hybridized carbons (Fsp3) is 0. The molecule has 0 heterocycles. The molecule has 7 heavy (non-hydrogen) atoms. The zero-order chi connectivity index (χ0) is 5.54. The molecule has 0 fully saturated rings. The second-order valence-electron chi connectivity index (χ2n) is 0.739. The maximum absolute atomic E-state index is 3.91. The van der Waals surface area contributed by atoms with Crippen LogP contribution in [-0.4, -0.2) is 0 Å². The molecule has 0 saturated carbocycles. The molecule has 3 N–H and O–H groups in total. The van der Waals surface area contributed by atoms with Gasteiger partial charge >= 0.3 is 0 Å². The molecule has 0 atom stereocenters. The Hall–Kier alpha value is -0.0300. The van der Waals surface area contributed by atoms with E-state index in [1.807, 2.05) is 4.08 Å². The number of nitrogens with zero attached hydrogens (tertiary/aromatic N) is 1. The van der Waals surface area contributed by atoms with Crippen LogP contribution in [0.1, 0.15) is 0 Å². The van der Waals surface area contributed by atoms with E-state index < -0.39 is 0 Å². The van der Waals surface area contributed by atoms with E-state index in [9.17, 15) is 0 Å². The van der Waals surface area contributed by atoms with Crippen LogP contribution < -0.4 is 5.73 Å². The number of hydrogen-bond acceptors (Lipinski definition) is 1. The van der Waals surface area contributed by atoms with Gasteiger partial charge in [0, 0.05) is 31.3 Å². The molecule has 0 amide bonds. The molecule has 0 rings (SSSR count). The molecule has 0 aromatic carbocycles. The summed E-state index contributed by atoms with van der Waals surface area (Å²) < 4.78 is 5.88. The molecule has 0 aliphatic carbocycles. The first-order valence-electron chi connectivity index (χ1n) is 1.80. The third kappa shape index (κ3) is 5.97. The normalized spacial score (nSPS) is 12.1. The second-order valence-corrected chi connectivity index (χ2v) is 2.57. The maximum Gasteiger partial charge on any atom is 0.0981 e. The second kappa shape index (κ2) is 5.97. The minimum Gasteiger partial charge on any atom is -0.331 e. The van der Waals surface area contributed by atoms with E-state index in [0.717, 1.165) is 0 Å². The lowest BCUT2D eigenvalue weighted by atomic mass is 11.1. The van der Waals surface area contributed by atoms with Gasteiger partial charge in [0.15, 0.2) is 0 Å². The summed E-state index contributed by atoms with van der Waals surface area (Å²) in [4.78, 5) is 0. The molecule has 0 saturated heterocycles. The maximum atomic E-state index is 3.91. The fourth-order valence-corrected chi connectivity index (χ4v) is 0.753. The van der Waals surface area contributed by atoms with Crippen molar-refractivity contribution in [2.45, 2.75) is 0 Å². The highest BCUT2D eigenvalue weighted by molar-refractivity contribution is 14.2. The molecule has 0 aromatic heterocycles. The van der Waals surface area contributed by atoms with Crippen molar-refractivity contribution in [3.05, 3.63) is 23.1 Å². The number of quaternary nitrogens is 1. The standard InChI is InChI=1S/C4H7IN2/c1-2-7-5-3-4-6/h2-4H,1,6H2/p+1. The molecule has 3 heteroatoms. The molecule has 2 nitrogen and oxygen atoms in total. The third-order valence-corrected chi connectivity index (χ3v) is 1.82. The van der Waals surface area contributed by atoms with Crippen molar-refractivity contribution in [2.75, 3.05) is 0 Å². The Balaban J connectivity index is 3.27. The summed E-state index contributed by atoms with van der Waals surface area (Å²) in [6.07, 6.45) is 3.34. The van der Waals surface area contributed by atoms with Crippen LogP contribution in [0.25, 0.3) is 0 Å². The van der Waals surface area contributed by atoms with Crippen LogP contribution in [0.4, 0.5) is 0 Å². The van der Waals surface area contributed by atoms with Crippen LogP contribution in [0.3, 0.4) is 0 Å². The molecule has 0 bridgehead atoms. The van der Waals surface area contributed by atoms with E-state index in [-0.39, 0.29) is 21.0 Å². The first kappa shape index (κ1) is 6.97. The van der Waals surface area contributed by atoms with E-state index >= 15 is 0 Å². The van der Waals surface area contributed by atoms with Crippen molar-refractivity contribution < 1.29 is 5.73 Å². The van der Waals surface area contributed by atoms with Gasteiger partial charge in [-0.1, -0.05) is 6.58 Å². The Morgan fingerprint density at radius 3 is 2.86 bits per heavy atom. The van der Waals surface area contributed by atoms with Gasteiger partial charge in [0.1, 0.15) is 0 Å². The summed E-state index contributed by atoms with van der Waals surface area (Å²) in [7, 11) is 0. The molecular weight excluding hydrogens is 203 g/mol. The lowest BCUT2D eigenvalue weighted by molar-refractivity contribution is -0.274. The summed E-state index contributed by atoms with van der Waals surface area (Å²) in [6.45, 7) is 3.44. The van der Waals surface area contributed by atoms with Crippen LogP contribution in [0.2, 0.25) is 0 Å². The highest BCUT2D eigenvalue weighted by Crippen LogP contribution is 1.98. The monoisotopic (exact) mass is 211 g/mol. The Bertz CT molecular complexity index is 95.9. The smallest absolute Gasteiger partial charge is 0.0981 e. The van der Waals surface area contributed by atoms with Gasteiger partial charge in [0.2, 0.25) is 0 Å². The Morgan fingerprint density at radius 2 is 2.43 bits per heavy atom. The van der Waals surface area contributed by atoms with Gasteiger partial charge in [-0.3, -0.25) is 0 Å². The fourth-order valence-electron chi connectivity index (χ4n) is 0.112. The van der Waals surface area contributed by atoms with Gasteiger partial charge in [-0.25, -0.2) is 3.15 Å². The van der Waals surface area contributed by atoms with Crippen molar-refractivity contribution in [3.63, 3.8) is 0 Å². The quantitative estimate of drug-likeness (QED) is 0.662. The van der Waals surface area contributed by atoms with Crippen molar-refractivity contribution >= 4 is 21.0 Å². The summed E-state index contributed by atoms with van der Waals surface area (Å²) in [5.41, 5.74) is 3.51. The summed E-state index contributed by atoms with van der Waals surface area (Å²) in [5, 5.41) is 0. The van der Waals surface area contributed by atoms with Crippen LogP contribution in [0.15, 0.2) is 26.2 Å². The van der Waals surface area contributed by atoms with E-state index in [2.05, 4.69) is 15.5 Å². The third-order valence-electron chi connectivity index (χ3n) is 0.271. The van der Waals surface area contributed by atoms with E-state index in [0.29, 0.717) is 0 Å². The number of rotatable bonds is 2. The topological polar surface area (TPSA) is 40.0 Å². The minimum absolute atomic E-state index is 0.111. The zero-order valence-electron chi connectivity index (χ0n) is 3.97. The lowest BCUT2D eigenvalue weighted by Gasteiger charge is -1.62. The largest absolute Gasteiger partial charge is 0.331 e. The Kier molecular flexibility index (Phi) is 5.94. The van der Waals surface area contributed by atoms with Crippen molar-refractivity contribution in [1.82, 2.24) is 0 Å². The van der Waals surface area contributed by atoms with Crippen LogP contribution >= 0.6 is 21.0 Å². The van der Waals surface area contributed by atoms with Gasteiger partial charge in [-0.2, -0.15) is 0 Å². The summed E-state index contributed by atoms with van der Waals surface area (Å²) in [6, 6.07) is 0. The van der Waals surface area contributed by atoms with Gasteiger partial charge in [-0.05, 0) is 0 Å². The molecule has 0 aliphatic rings. The predicted octanol–water partition coefficient (Wildman–Crippen LogP) is 0.997. The van der Waals surface area contributed by atoms with Crippen LogP contribution in [-0.2, 0) is 0 Å². The highest BCUT2D eigenvalue weighted by atomic mass is 127. The average molecular weight is 211 g/mol. The van der Waals surface area contributed by atoms with Crippen molar-refractivity contribution in [3.8, 4) is 0 Å². The zero-order valence-corrected chi connectivity index (χ0v) is 6.13. The molecule has 40 valence electrons. The predicted molar refractivity (Wildman–Crippen MR) is 38.7 cm³/mol. The summed E-state index contributed by atoms with van der Waals surface area (Å²) >= 11 is -0.111.